The number of anilines is 1. The lowest BCUT2D eigenvalue weighted by Gasteiger charge is -2.33. The number of hydrogen-bond donors (Lipinski definition) is 2. The highest BCUT2D eigenvalue weighted by Crippen LogP contribution is 2.15. The minimum Gasteiger partial charge on any atom is -0.355 e. The standard InChI is InChI=1S/C10H16N4O/c1-11-8-3-2-4-14(6-8)9-5-10(15)13-7-12-9/h5,7-8,11H,2-4,6H2,1H3,(H,12,13,15). The fraction of sp³-hybridized carbons (Fsp3) is 0.600. The number of aromatic amines is 1. The van der Waals surface area contributed by atoms with Gasteiger partial charge in [0.1, 0.15) is 5.82 Å². The summed E-state index contributed by atoms with van der Waals surface area (Å²) < 4.78 is 0. The van der Waals surface area contributed by atoms with Crippen molar-refractivity contribution in [2.24, 2.45) is 0 Å². The summed E-state index contributed by atoms with van der Waals surface area (Å²) in [5.74, 6) is 0.777. The molecule has 1 saturated heterocycles. The molecular formula is C10H16N4O. The number of aromatic nitrogens is 2. The van der Waals surface area contributed by atoms with E-state index >= 15 is 0 Å². The smallest absolute Gasteiger partial charge is 0.252 e. The Kier molecular flexibility index (Phi) is 3.01. The van der Waals surface area contributed by atoms with Crippen LogP contribution in [0.5, 0.6) is 0 Å². The van der Waals surface area contributed by atoms with Crippen molar-refractivity contribution in [3.63, 3.8) is 0 Å². The van der Waals surface area contributed by atoms with Crippen LogP contribution in [0.2, 0.25) is 0 Å². The van der Waals surface area contributed by atoms with E-state index in [0.717, 1.165) is 25.3 Å². The number of piperidine rings is 1. The second-order valence-electron chi connectivity index (χ2n) is 3.84. The van der Waals surface area contributed by atoms with Crippen molar-refractivity contribution >= 4 is 5.82 Å². The molecule has 0 aliphatic carbocycles. The van der Waals surface area contributed by atoms with Gasteiger partial charge in [0.2, 0.25) is 0 Å². The van der Waals surface area contributed by atoms with Crippen LogP contribution in [0.15, 0.2) is 17.2 Å². The molecule has 1 aliphatic heterocycles. The van der Waals surface area contributed by atoms with E-state index in [-0.39, 0.29) is 5.56 Å². The van der Waals surface area contributed by atoms with E-state index in [1.807, 2.05) is 7.05 Å². The minimum absolute atomic E-state index is 0.0911. The van der Waals surface area contributed by atoms with Gasteiger partial charge in [-0.15, -0.1) is 0 Å². The number of nitrogens with one attached hydrogen (secondary N) is 2. The molecule has 1 fully saturated rings. The van der Waals surface area contributed by atoms with E-state index in [1.54, 1.807) is 6.07 Å². The van der Waals surface area contributed by atoms with E-state index in [4.69, 9.17) is 0 Å². The summed E-state index contributed by atoms with van der Waals surface area (Å²) >= 11 is 0. The van der Waals surface area contributed by atoms with E-state index in [9.17, 15) is 4.79 Å². The molecule has 82 valence electrons. The van der Waals surface area contributed by atoms with Crippen LogP contribution < -0.4 is 15.8 Å². The van der Waals surface area contributed by atoms with Gasteiger partial charge in [0.05, 0.1) is 6.33 Å². The summed E-state index contributed by atoms with van der Waals surface area (Å²) in [4.78, 5) is 20.0. The van der Waals surface area contributed by atoms with Crippen LogP contribution in [0.25, 0.3) is 0 Å². The van der Waals surface area contributed by atoms with Crippen LogP contribution in [0.4, 0.5) is 5.82 Å². The number of rotatable bonds is 2. The average molecular weight is 208 g/mol. The first-order chi connectivity index (χ1) is 7.29. The maximum absolute atomic E-state index is 11.1. The highest BCUT2D eigenvalue weighted by molar-refractivity contribution is 5.37. The minimum atomic E-state index is -0.0911. The number of nitrogens with zero attached hydrogens (tertiary/aromatic N) is 2. The van der Waals surface area contributed by atoms with Crippen LogP contribution >= 0.6 is 0 Å². The summed E-state index contributed by atoms with van der Waals surface area (Å²) in [6, 6.07) is 2.05. The second-order valence-corrected chi connectivity index (χ2v) is 3.84. The molecule has 1 aliphatic rings. The first-order valence-corrected chi connectivity index (χ1v) is 5.26. The maximum atomic E-state index is 11.1. The summed E-state index contributed by atoms with van der Waals surface area (Å²) in [5, 5.41) is 3.26. The van der Waals surface area contributed by atoms with Crippen molar-refractivity contribution < 1.29 is 0 Å². The van der Waals surface area contributed by atoms with E-state index in [0.29, 0.717) is 6.04 Å². The van der Waals surface area contributed by atoms with Crippen LogP contribution in [-0.2, 0) is 0 Å². The fourth-order valence-corrected chi connectivity index (χ4v) is 1.95. The Morgan fingerprint density at radius 2 is 2.53 bits per heavy atom. The Bertz CT molecular complexity index is 376. The van der Waals surface area contributed by atoms with Crippen LogP contribution in [-0.4, -0.2) is 36.1 Å². The third-order valence-corrected chi connectivity index (χ3v) is 2.82. The van der Waals surface area contributed by atoms with Crippen molar-refractivity contribution in [2.75, 3.05) is 25.0 Å². The molecule has 0 amide bonds. The normalized spacial score (nSPS) is 21.7. The Morgan fingerprint density at radius 1 is 1.67 bits per heavy atom. The third kappa shape index (κ3) is 2.36. The van der Waals surface area contributed by atoms with Crippen molar-refractivity contribution in [2.45, 2.75) is 18.9 Å². The van der Waals surface area contributed by atoms with E-state index in [2.05, 4.69) is 20.2 Å². The SMILES string of the molecule is CNC1CCCN(c2cc(=O)[nH]cn2)C1. The van der Waals surface area contributed by atoms with Crippen LogP contribution in [0, 0.1) is 0 Å². The highest BCUT2D eigenvalue weighted by Gasteiger charge is 2.19. The quantitative estimate of drug-likeness (QED) is 0.716. The zero-order valence-corrected chi connectivity index (χ0v) is 8.86. The highest BCUT2D eigenvalue weighted by atomic mass is 16.1. The lowest BCUT2D eigenvalue weighted by atomic mass is 10.1. The van der Waals surface area contributed by atoms with Crippen molar-refractivity contribution in [3.05, 3.63) is 22.7 Å². The number of likely N-dealkylation sites (N-methyl/N-ethyl adjacent to an activating group) is 1. The molecule has 2 N–H and O–H groups in total. The van der Waals surface area contributed by atoms with Crippen LogP contribution in [0.3, 0.4) is 0 Å². The molecule has 0 radical (unpaired) electrons. The first kappa shape index (κ1) is 10.2. The Morgan fingerprint density at radius 3 is 3.27 bits per heavy atom. The van der Waals surface area contributed by atoms with Gasteiger partial charge >= 0.3 is 0 Å². The number of hydrogen-bond acceptors (Lipinski definition) is 4. The molecule has 0 spiro atoms. The summed E-state index contributed by atoms with van der Waals surface area (Å²) in [6.45, 7) is 1.90. The Balaban J connectivity index is 2.13. The molecule has 1 aromatic heterocycles. The van der Waals surface area contributed by atoms with Gasteiger partial charge in [-0.3, -0.25) is 4.79 Å². The largest absolute Gasteiger partial charge is 0.355 e. The fourth-order valence-electron chi connectivity index (χ4n) is 1.95. The zero-order chi connectivity index (χ0) is 10.7. The van der Waals surface area contributed by atoms with Crippen LogP contribution in [0.1, 0.15) is 12.8 Å². The molecule has 0 saturated carbocycles. The van der Waals surface area contributed by atoms with Gasteiger partial charge in [-0.1, -0.05) is 0 Å². The molecule has 0 aromatic carbocycles. The van der Waals surface area contributed by atoms with Crippen molar-refractivity contribution in [1.82, 2.24) is 15.3 Å². The molecule has 1 aromatic rings. The van der Waals surface area contributed by atoms with E-state index in [1.165, 1.54) is 12.7 Å². The van der Waals surface area contributed by atoms with Gasteiger partial charge in [0, 0.05) is 25.2 Å². The van der Waals surface area contributed by atoms with Gasteiger partial charge in [-0.2, -0.15) is 0 Å². The van der Waals surface area contributed by atoms with Gasteiger partial charge in [-0.25, -0.2) is 4.98 Å². The van der Waals surface area contributed by atoms with Crippen molar-refractivity contribution in [1.29, 1.82) is 0 Å². The third-order valence-electron chi connectivity index (χ3n) is 2.82. The van der Waals surface area contributed by atoms with Gasteiger partial charge in [0.25, 0.3) is 5.56 Å². The molecule has 5 nitrogen and oxygen atoms in total. The van der Waals surface area contributed by atoms with Crippen molar-refractivity contribution in [3.8, 4) is 0 Å². The Labute approximate surface area is 88.5 Å². The maximum Gasteiger partial charge on any atom is 0.252 e. The molecular weight excluding hydrogens is 192 g/mol. The summed E-state index contributed by atoms with van der Waals surface area (Å²) in [6.07, 6.45) is 3.79. The predicted octanol–water partition coefficient (Wildman–Crippen LogP) is -0.0419. The number of H-pyrrole nitrogens is 1. The summed E-state index contributed by atoms with van der Waals surface area (Å²) in [5.41, 5.74) is -0.0911. The predicted molar refractivity (Wildman–Crippen MR) is 59.2 cm³/mol. The van der Waals surface area contributed by atoms with E-state index < -0.39 is 0 Å². The molecule has 5 heteroatoms. The lowest BCUT2D eigenvalue weighted by Crippen LogP contribution is -2.45. The Hall–Kier alpha value is -1.36. The average Bonchev–Trinajstić information content (AvgIpc) is 2.29. The molecule has 2 heterocycles. The molecule has 0 bridgehead atoms. The molecule has 15 heavy (non-hydrogen) atoms. The second kappa shape index (κ2) is 4.44. The first-order valence-electron chi connectivity index (χ1n) is 5.26. The van der Waals surface area contributed by atoms with Gasteiger partial charge < -0.3 is 15.2 Å². The van der Waals surface area contributed by atoms with Gasteiger partial charge in [-0.05, 0) is 19.9 Å². The summed E-state index contributed by atoms with van der Waals surface area (Å²) in [7, 11) is 1.97. The molecule has 1 atom stereocenters. The lowest BCUT2D eigenvalue weighted by molar-refractivity contribution is 0.447. The zero-order valence-electron chi connectivity index (χ0n) is 8.86. The molecule has 1 unspecified atom stereocenters. The monoisotopic (exact) mass is 208 g/mol. The molecule has 2 rings (SSSR count). The van der Waals surface area contributed by atoms with Gasteiger partial charge in [0.15, 0.2) is 0 Å². The topological polar surface area (TPSA) is 61.0 Å².